The van der Waals surface area contributed by atoms with Gasteiger partial charge in [-0.3, -0.25) is 4.68 Å². The van der Waals surface area contributed by atoms with Crippen LogP contribution in [0.25, 0.3) is 0 Å². The zero-order valence-corrected chi connectivity index (χ0v) is 10.4. The van der Waals surface area contributed by atoms with Crippen LogP contribution >= 0.6 is 11.3 Å². The van der Waals surface area contributed by atoms with Crippen LogP contribution in [-0.2, 0) is 19.9 Å². The topological polar surface area (TPSA) is 56.7 Å². The third-order valence-electron chi connectivity index (χ3n) is 2.48. The average molecular weight is 236 g/mol. The molecule has 0 aromatic carbocycles. The molecule has 5 heteroatoms. The van der Waals surface area contributed by atoms with Gasteiger partial charge in [0.05, 0.1) is 5.69 Å². The fourth-order valence-electron chi connectivity index (χ4n) is 1.60. The van der Waals surface area contributed by atoms with Gasteiger partial charge >= 0.3 is 0 Å². The summed E-state index contributed by atoms with van der Waals surface area (Å²) in [4.78, 5) is 2.60. The van der Waals surface area contributed by atoms with Crippen molar-refractivity contribution in [1.82, 2.24) is 15.0 Å². The Bertz CT molecular complexity index is 460. The van der Waals surface area contributed by atoms with Gasteiger partial charge in [0.15, 0.2) is 0 Å². The van der Waals surface area contributed by atoms with Gasteiger partial charge in [0.2, 0.25) is 0 Å². The Morgan fingerprint density at radius 1 is 1.50 bits per heavy atom. The van der Waals surface area contributed by atoms with Crippen molar-refractivity contribution in [1.29, 1.82) is 0 Å². The summed E-state index contributed by atoms with van der Waals surface area (Å²) in [7, 11) is 1.86. The highest BCUT2D eigenvalue weighted by Gasteiger charge is 2.11. The second-order valence-corrected chi connectivity index (χ2v) is 5.05. The van der Waals surface area contributed by atoms with Crippen LogP contribution in [0.2, 0.25) is 0 Å². The summed E-state index contributed by atoms with van der Waals surface area (Å²) in [6.07, 6.45) is 3.73. The van der Waals surface area contributed by atoms with E-state index in [1.807, 2.05) is 13.2 Å². The lowest BCUT2D eigenvalue weighted by Gasteiger charge is -2.06. The zero-order valence-electron chi connectivity index (χ0n) is 9.55. The van der Waals surface area contributed by atoms with Gasteiger partial charge in [-0.1, -0.05) is 12.1 Å². The van der Waals surface area contributed by atoms with E-state index in [1.54, 1.807) is 16.0 Å². The summed E-state index contributed by atoms with van der Waals surface area (Å²) in [5.41, 5.74) is 7.08. The van der Waals surface area contributed by atoms with E-state index in [1.165, 1.54) is 9.75 Å². The number of aromatic nitrogens is 3. The van der Waals surface area contributed by atoms with Gasteiger partial charge in [-0.15, -0.1) is 16.4 Å². The normalized spacial score (nSPS) is 12.9. The Balaban J connectivity index is 2.05. The highest BCUT2D eigenvalue weighted by atomic mass is 32.1. The highest BCUT2D eigenvalue weighted by Crippen LogP contribution is 2.24. The first kappa shape index (κ1) is 11.3. The molecular weight excluding hydrogens is 220 g/mol. The van der Waals surface area contributed by atoms with E-state index in [2.05, 4.69) is 29.4 Å². The van der Waals surface area contributed by atoms with Gasteiger partial charge in [-0.25, -0.2) is 0 Å². The summed E-state index contributed by atoms with van der Waals surface area (Å²) in [5, 5.41) is 7.95. The van der Waals surface area contributed by atoms with Crippen molar-refractivity contribution in [3.8, 4) is 0 Å². The van der Waals surface area contributed by atoms with Gasteiger partial charge in [0.1, 0.15) is 0 Å². The number of thiophene rings is 1. The fraction of sp³-hybridized carbons (Fsp3) is 0.455. The zero-order chi connectivity index (χ0) is 11.5. The van der Waals surface area contributed by atoms with E-state index < -0.39 is 0 Å². The summed E-state index contributed by atoms with van der Waals surface area (Å²) >= 11 is 1.79. The van der Waals surface area contributed by atoms with Crippen molar-refractivity contribution in [3.05, 3.63) is 33.8 Å². The van der Waals surface area contributed by atoms with Crippen molar-refractivity contribution >= 4 is 11.3 Å². The molecule has 1 atom stereocenters. The molecule has 0 bridgehead atoms. The Kier molecular flexibility index (Phi) is 3.36. The first-order valence-electron chi connectivity index (χ1n) is 5.38. The quantitative estimate of drug-likeness (QED) is 0.878. The van der Waals surface area contributed by atoms with E-state index in [4.69, 9.17) is 5.73 Å². The maximum Gasteiger partial charge on any atom is 0.0846 e. The van der Waals surface area contributed by atoms with Gasteiger partial charge < -0.3 is 5.73 Å². The molecule has 2 aromatic rings. The molecule has 2 aromatic heterocycles. The Morgan fingerprint density at radius 2 is 2.31 bits per heavy atom. The number of hydrogen-bond donors (Lipinski definition) is 1. The maximum atomic E-state index is 6.14. The van der Waals surface area contributed by atoms with Gasteiger partial charge in [-0.05, 0) is 18.6 Å². The predicted octanol–water partition coefficient (Wildman–Crippen LogP) is 1.68. The number of rotatable bonds is 4. The molecule has 4 nitrogen and oxygen atoms in total. The van der Waals surface area contributed by atoms with Crippen molar-refractivity contribution in [2.45, 2.75) is 25.8 Å². The lowest BCUT2D eigenvalue weighted by molar-refractivity contribution is 0.700. The van der Waals surface area contributed by atoms with Crippen LogP contribution in [-0.4, -0.2) is 15.0 Å². The second-order valence-electron chi connectivity index (χ2n) is 3.85. The fourth-order valence-corrected chi connectivity index (χ4v) is 2.55. The van der Waals surface area contributed by atoms with Crippen molar-refractivity contribution in [3.63, 3.8) is 0 Å². The summed E-state index contributed by atoms with van der Waals surface area (Å²) in [6, 6.07) is 4.29. The molecule has 0 radical (unpaired) electrons. The molecule has 0 aliphatic carbocycles. The lowest BCUT2D eigenvalue weighted by Crippen LogP contribution is -2.11. The minimum atomic E-state index is 0.0296. The van der Waals surface area contributed by atoms with E-state index in [0.717, 1.165) is 18.5 Å². The minimum absolute atomic E-state index is 0.0296. The van der Waals surface area contributed by atoms with Crippen LogP contribution in [0.5, 0.6) is 0 Å². The van der Waals surface area contributed by atoms with Crippen molar-refractivity contribution in [2.24, 2.45) is 12.8 Å². The summed E-state index contributed by atoms with van der Waals surface area (Å²) in [5.74, 6) is 0. The Hall–Kier alpha value is -1.20. The van der Waals surface area contributed by atoms with Crippen LogP contribution < -0.4 is 5.73 Å². The van der Waals surface area contributed by atoms with Crippen LogP contribution in [0.3, 0.4) is 0 Å². The second kappa shape index (κ2) is 4.76. The van der Waals surface area contributed by atoms with Crippen LogP contribution in [0.15, 0.2) is 18.3 Å². The molecule has 1 unspecified atom stereocenters. The number of aryl methyl sites for hydroxylation is 2. The molecule has 2 N–H and O–H groups in total. The maximum absolute atomic E-state index is 6.14. The average Bonchev–Trinajstić information content (AvgIpc) is 2.87. The number of nitrogens with zero attached hydrogens (tertiary/aromatic N) is 3. The molecule has 0 fully saturated rings. The van der Waals surface area contributed by atoms with E-state index in [0.29, 0.717) is 0 Å². The van der Waals surface area contributed by atoms with Gasteiger partial charge in [-0.2, -0.15) is 0 Å². The highest BCUT2D eigenvalue weighted by molar-refractivity contribution is 7.12. The number of nitrogens with two attached hydrogens (primary N) is 1. The molecule has 86 valence electrons. The monoisotopic (exact) mass is 236 g/mol. The van der Waals surface area contributed by atoms with E-state index in [9.17, 15) is 0 Å². The molecule has 0 spiro atoms. The largest absolute Gasteiger partial charge is 0.323 e. The lowest BCUT2D eigenvalue weighted by atomic mass is 10.1. The minimum Gasteiger partial charge on any atom is -0.323 e. The van der Waals surface area contributed by atoms with E-state index in [-0.39, 0.29) is 6.04 Å². The summed E-state index contributed by atoms with van der Waals surface area (Å²) < 4.78 is 1.70. The summed E-state index contributed by atoms with van der Waals surface area (Å²) in [6.45, 7) is 2.16. The van der Waals surface area contributed by atoms with Crippen LogP contribution in [0.4, 0.5) is 0 Å². The smallest absolute Gasteiger partial charge is 0.0846 e. The molecule has 0 saturated carbocycles. The molecule has 0 saturated heterocycles. The third kappa shape index (κ3) is 2.48. The molecular formula is C11H16N4S. The molecule has 2 heterocycles. The first-order chi connectivity index (χ1) is 7.69. The third-order valence-corrected chi connectivity index (χ3v) is 3.84. The predicted molar refractivity (Wildman–Crippen MR) is 65.3 cm³/mol. The first-order valence-corrected chi connectivity index (χ1v) is 6.20. The molecule has 2 rings (SSSR count). The SMILES string of the molecule is CCc1ccc(C(N)Cc2cn(C)nn2)s1. The Morgan fingerprint density at radius 3 is 2.88 bits per heavy atom. The van der Waals surface area contributed by atoms with E-state index >= 15 is 0 Å². The van der Waals surface area contributed by atoms with Gasteiger partial charge in [0.25, 0.3) is 0 Å². The number of hydrogen-bond acceptors (Lipinski definition) is 4. The van der Waals surface area contributed by atoms with Crippen molar-refractivity contribution < 1.29 is 0 Å². The van der Waals surface area contributed by atoms with Crippen molar-refractivity contribution in [2.75, 3.05) is 0 Å². The molecule has 0 aliphatic heterocycles. The standard InChI is InChI=1S/C11H16N4S/c1-3-9-4-5-11(16-9)10(12)6-8-7-15(2)14-13-8/h4-5,7,10H,3,6,12H2,1-2H3. The Labute approximate surface area is 99.1 Å². The van der Waals surface area contributed by atoms with Crippen LogP contribution in [0, 0.1) is 0 Å². The van der Waals surface area contributed by atoms with Gasteiger partial charge in [0, 0.05) is 35.5 Å². The van der Waals surface area contributed by atoms with Crippen LogP contribution in [0.1, 0.15) is 28.4 Å². The molecule has 0 amide bonds. The molecule has 16 heavy (non-hydrogen) atoms. The molecule has 0 aliphatic rings.